The van der Waals surface area contributed by atoms with Gasteiger partial charge in [-0.15, -0.1) is 0 Å². The van der Waals surface area contributed by atoms with Crippen molar-refractivity contribution in [3.05, 3.63) is 79.4 Å². The molecular formula is C22H15N5O7S2. The van der Waals surface area contributed by atoms with Crippen LogP contribution in [0.2, 0.25) is 0 Å². The van der Waals surface area contributed by atoms with Gasteiger partial charge in [0.25, 0.3) is 11.6 Å². The summed E-state index contributed by atoms with van der Waals surface area (Å²) in [5.74, 6) is -0.520. The van der Waals surface area contributed by atoms with E-state index in [0.717, 1.165) is 28.8 Å². The number of thiocarbonyl (C=S) groups is 1. The van der Waals surface area contributed by atoms with Gasteiger partial charge in [-0.2, -0.15) is 5.10 Å². The van der Waals surface area contributed by atoms with Crippen molar-refractivity contribution in [3.63, 3.8) is 0 Å². The number of non-ortho nitro benzene ring substituents is 1. The van der Waals surface area contributed by atoms with Crippen molar-refractivity contribution in [2.45, 2.75) is 6.92 Å². The molecule has 4 rings (SSSR count). The van der Waals surface area contributed by atoms with Crippen LogP contribution < -0.4 is 4.74 Å². The zero-order valence-electron chi connectivity index (χ0n) is 18.6. The molecule has 1 aliphatic rings. The van der Waals surface area contributed by atoms with Gasteiger partial charge in [-0.3, -0.25) is 29.8 Å². The molecule has 0 atom stereocenters. The van der Waals surface area contributed by atoms with Crippen LogP contribution in [0.4, 0.5) is 11.4 Å². The van der Waals surface area contributed by atoms with Crippen molar-refractivity contribution in [2.24, 2.45) is 0 Å². The number of nitro benzene ring substituents is 2. The van der Waals surface area contributed by atoms with Gasteiger partial charge < -0.3 is 4.74 Å². The van der Waals surface area contributed by atoms with E-state index >= 15 is 0 Å². The standard InChI is InChI=1S/C22H15N5O7S2/c1-12(28)25-21(29)19(36-22(25)35)9-14-11-24(23-20(14)13-3-6-16(34-2)7-4-13)17-8-5-15(26(30)31)10-18(17)27(32)33/h3-11H,1-2H3/b19-9-. The number of ether oxygens (including phenoxy) is 1. The smallest absolute Gasteiger partial charge is 0.301 e. The summed E-state index contributed by atoms with van der Waals surface area (Å²) in [5, 5.41) is 27.3. The van der Waals surface area contributed by atoms with Crippen LogP contribution in [-0.4, -0.2) is 47.8 Å². The van der Waals surface area contributed by atoms with Crippen LogP contribution in [0.1, 0.15) is 12.5 Å². The fraction of sp³-hybridized carbons (Fsp3) is 0.0909. The van der Waals surface area contributed by atoms with Crippen molar-refractivity contribution >= 4 is 57.6 Å². The van der Waals surface area contributed by atoms with Gasteiger partial charge >= 0.3 is 5.69 Å². The van der Waals surface area contributed by atoms with E-state index in [9.17, 15) is 29.8 Å². The van der Waals surface area contributed by atoms with Crippen LogP contribution in [0.25, 0.3) is 23.0 Å². The highest BCUT2D eigenvalue weighted by atomic mass is 32.2. The number of thioether (sulfide) groups is 1. The van der Waals surface area contributed by atoms with Crippen molar-refractivity contribution in [1.29, 1.82) is 0 Å². The number of methoxy groups -OCH3 is 1. The lowest BCUT2D eigenvalue weighted by Crippen LogP contribution is -2.32. The second kappa shape index (κ2) is 9.67. The number of rotatable bonds is 6. The van der Waals surface area contributed by atoms with E-state index in [1.807, 2.05) is 0 Å². The predicted octanol–water partition coefficient (Wildman–Crippen LogP) is 4.11. The second-order valence-corrected chi connectivity index (χ2v) is 9.01. The van der Waals surface area contributed by atoms with Crippen LogP contribution in [0.5, 0.6) is 5.75 Å². The van der Waals surface area contributed by atoms with Crippen molar-refractivity contribution in [3.8, 4) is 22.7 Å². The van der Waals surface area contributed by atoms with Crippen LogP contribution in [-0.2, 0) is 9.59 Å². The van der Waals surface area contributed by atoms with Gasteiger partial charge in [0.2, 0.25) is 5.91 Å². The van der Waals surface area contributed by atoms with Gasteiger partial charge in [0.15, 0.2) is 4.32 Å². The highest BCUT2D eigenvalue weighted by Gasteiger charge is 2.35. The fourth-order valence-corrected chi connectivity index (χ4v) is 4.77. The molecule has 14 heteroatoms. The van der Waals surface area contributed by atoms with E-state index in [-0.39, 0.29) is 14.9 Å². The number of nitro groups is 2. The molecule has 36 heavy (non-hydrogen) atoms. The number of nitrogens with zero attached hydrogens (tertiary/aromatic N) is 5. The van der Waals surface area contributed by atoms with E-state index in [1.54, 1.807) is 24.3 Å². The quantitative estimate of drug-likeness (QED) is 0.199. The summed E-state index contributed by atoms with van der Waals surface area (Å²) in [6.45, 7) is 1.22. The summed E-state index contributed by atoms with van der Waals surface area (Å²) in [7, 11) is 1.51. The molecule has 0 spiro atoms. The Morgan fingerprint density at radius 3 is 2.39 bits per heavy atom. The largest absolute Gasteiger partial charge is 0.497 e. The number of carbonyl (C=O) groups excluding carboxylic acids is 2. The topological polar surface area (TPSA) is 151 Å². The van der Waals surface area contributed by atoms with E-state index in [1.165, 1.54) is 37.1 Å². The van der Waals surface area contributed by atoms with E-state index < -0.39 is 33.0 Å². The number of benzene rings is 2. The highest BCUT2D eigenvalue weighted by molar-refractivity contribution is 8.26. The van der Waals surface area contributed by atoms with Crippen molar-refractivity contribution < 1.29 is 24.2 Å². The molecular weight excluding hydrogens is 510 g/mol. The zero-order valence-corrected chi connectivity index (χ0v) is 20.2. The minimum absolute atomic E-state index is 0.0173. The summed E-state index contributed by atoms with van der Waals surface area (Å²) in [4.78, 5) is 46.9. The van der Waals surface area contributed by atoms with E-state index in [4.69, 9.17) is 17.0 Å². The number of amides is 2. The van der Waals surface area contributed by atoms with Crippen molar-refractivity contribution in [1.82, 2.24) is 14.7 Å². The molecule has 182 valence electrons. The molecule has 2 amide bonds. The minimum atomic E-state index is -0.741. The monoisotopic (exact) mass is 525 g/mol. The molecule has 1 fully saturated rings. The lowest BCUT2D eigenvalue weighted by atomic mass is 10.1. The number of hydrogen-bond donors (Lipinski definition) is 0. The average Bonchev–Trinajstić information content (AvgIpc) is 3.38. The van der Waals surface area contributed by atoms with Gasteiger partial charge in [-0.1, -0.05) is 24.0 Å². The summed E-state index contributed by atoms with van der Waals surface area (Å²) in [6.07, 6.45) is 2.94. The number of imide groups is 1. The lowest BCUT2D eigenvalue weighted by Gasteiger charge is -2.07. The zero-order chi connectivity index (χ0) is 26.1. The first-order valence-electron chi connectivity index (χ1n) is 10.1. The molecule has 3 aromatic rings. The molecule has 0 saturated carbocycles. The van der Waals surface area contributed by atoms with Gasteiger partial charge in [0, 0.05) is 30.3 Å². The Hall–Kier alpha value is -4.43. The Kier molecular flexibility index (Phi) is 6.63. The third-order valence-electron chi connectivity index (χ3n) is 5.11. The third-order valence-corrected chi connectivity index (χ3v) is 6.42. The first-order chi connectivity index (χ1) is 17.1. The first-order valence-corrected chi connectivity index (χ1v) is 11.3. The molecule has 1 aliphatic heterocycles. The number of hydrogen-bond acceptors (Lipinski definition) is 10. The van der Waals surface area contributed by atoms with E-state index in [0.29, 0.717) is 22.6 Å². The van der Waals surface area contributed by atoms with Gasteiger partial charge in [0.1, 0.15) is 11.4 Å². The molecule has 2 aromatic carbocycles. The Bertz CT molecular complexity index is 1480. The van der Waals surface area contributed by atoms with E-state index in [2.05, 4.69) is 5.10 Å². The van der Waals surface area contributed by atoms with Crippen LogP contribution in [0.3, 0.4) is 0 Å². The highest BCUT2D eigenvalue weighted by Crippen LogP contribution is 2.36. The average molecular weight is 526 g/mol. The predicted molar refractivity (Wildman–Crippen MR) is 135 cm³/mol. The number of aromatic nitrogens is 2. The molecule has 0 bridgehead atoms. The normalized spacial score (nSPS) is 14.4. The molecule has 1 saturated heterocycles. The Morgan fingerprint density at radius 1 is 1.14 bits per heavy atom. The van der Waals surface area contributed by atoms with Crippen molar-refractivity contribution in [2.75, 3.05) is 7.11 Å². The third kappa shape index (κ3) is 4.58. The number of carbonyl (C=O) groups is 2. The maximum absolute atomic E-state index is 12.7. The first kappa shape index (κ1) is 24.7. The second-order valence-electron chi connectivity index (χ2n) is 7.33. The van der Waals surface area contributed by atoms with Crippen LogP contribution in [0.15, 0.2) is 53.6 Å². The minimum Gasteiger partial charge on any atom is -0.497 e. The maximum Gasteiger partial charge on any atom is 0.301 e. The summed E-state index contributed by atoms with van der Waals surface area (Å²) in [5.41, 5.74) is 0.377. The van der Waals surface area contributed by atoms with Gasteiger partial charge in [-0.05, 0) is 36.4 Å². The lowest BCUT2D eigenvalue weighted by molar-refractivity contribution is -0.394. The Balaban J connectivity index is 1.89. The SMILES string of the molecule is COc1ccc(-c2nn(-c3ccc([N+](=O)[O-])cc3[N+](=O)[O-])cc2/C=C2\SC(=S)N(C(C)=O)C2=O)cc1. The molecule has 12 nitrogen and oxygen atoms in total. The molecule has 2 heterocycles. The Labute approximate surface area is 212 Å². The van der Waals surface area contributed by atoms with Crippen LogP contribution in [0, 0.1) is 20.2 Å². The maximum atomic E-state index is 12.7. The summed E-state index contributed by atoms with van der Waals surface area (Å²) < 4.78 is 6.48. The Morgan fingerprint density at radius 2 is 1.83 bits per heavy atom. The molecule has 1 aromatic heterocycles. The van der Waals surface area contributed by atoms with Gasteiger partial charge in [0.05, 0.1) is 33.6 Å². The summed E-state index contributed by atoms with van der Waals surface area (Å²) >= 11 is 6.08. The van der Waals surface area contributed by atoms with Crippen LogP contribution >= 0.6 is 24.0 Å². The molecule has 0 N–H and O–H groups in total. The summed E-state index contributed by atoms with van der Waals surface area (Å²) in [6, 6.07) is 10.0. The molecule has 0 aliphatic carbocycles. The molecule has 0 radical (unpaired) electrons. The molecule has 0 unspecified atom stereocenters. The van der Waals surface area contributed by atoms with Gasteiger partial charge in [-0.25, -0.2) is 9.58 Å². The fourth-order valence-electron chi connectivity index (χ4n) is 3.44.